The molecule has 3 heteroatoms. The van der Waals surface area contributed by atoms with Gasteiger partial charge in [0.1, 0.15) is 0 Å². The summed E-state index contributed by atoms with van der Waals surface area (Å²) in [4.78, 5) is 0. The fourth-order valence-corrected chi connectivity index (χ4v) is 4.17. The summed E-state index contributed by atoms with van der Waals surface area (Å²) in [7, 11) is 3.77. The molecule has 0 aliphatic heterocycles. The van der Waals surface area contributed by atoms with Crippen LogP contribution in [0.5, 0.6) is 0 Å². The number of rotatable bonds is 11. The Kier molecular flexibility index (Phi) is 11.9. The summed E-state index contributed by atoms with van der Waals surface area (Å²) in [6.45, 7) is 8.81. The molecule has 1 N–H and O–H groups in total. The maximum absolute atomic E-state index is 9.85. The number of hydrogen-bond acceptors (Lipinski definition) is 3. The van der Waals surface area contributed by atoms with E-state index < -0.39 is 0 Å². The van der Waals surface area contributed by atoms with Gasteiger partial charge in [-0.2, -0.15) is 0 Å². The van der Waals surface area contributed by atoms with Gasteiger partial charge >= 0.3 is 0 Å². The molecule has 0 radical (unpaired) electrons. The molecule has 0 saturated carbocycles. The van der Waals surface area contributed by atoms with E-state index in [4.69, 9.17) is 0 Å². The summed E-state index contributed by atoms with van der Waals surface area (Å²) in [6.07, 6.45) is 8.97. The van der Waals surface area contributed by atoms with Crippen LogP contribution in [0.15, 0.2) is 0 Å². The number of hydrogen-bond donors (Lipinski definition) is 1. The minimum Gasteiger partial charge on any atom is -0.392 e. The average molecular weight is 293 g/mol. The summed E-state index contributed by atoms with van der Waals surface area (Å²) >= 11 is 0. The molecule has 18 heavy (non-hydrogen) atoms. The predicted molar refractivity (Wildman–Crippen MR) is 88.4 cm³/mol. The van der Waals surface area contributed by atoms with E-state index in [9.17, 15) is 5.11 Å². The third kappa shape index (κ3) is 14.7. The topological polar surface area (TPSA) is 20.2 Å². The third-order valence-corrected chi connectivity index (χ3v) is 5.32. The van der Waals surface area contributed by atoms with Gasteiger partial charge in [-0.15, -0.1) is 0 Å². The molecule has 0 heterocycles. The van der Waals surface area contributed by atoms with Crippen LogP contribution in [-0.2, 0) is 0 Å². The molecule has 0 fully saturated rings. The molecule has 1 atom stereocenters. The molecular weight excluding hydrogens is 260 g/mol. The van der Waals surface area contributed by atoms with Crippen LogP contribution in [0.2, 0.25) is 0 Å². The normalized spacial score (nSPS) is 13.8. The predicted octanol–water partition coefficient (Wildman–Crippen LogP) is 5.53. The fourth-order valence-electron chi connectivity index (χ4n) is 1.89. The quantitative estimate of drug-likeness (QED) is 0.399. The minimum atomic E-state index is -0.146. The molecule has 0 aromatic heterocycles. The first-order valence-corrected chi connectivity index (χ1v) is 9.87. The lowest BCUT2D eigenvalue weighted by atomic mass is 9.90. The van der Waals surface area contributed by atoms with Gasteiger partial charge in [-0.25, -0.2) is 0 Å². The fraction of sp³-hybridized carbons (Fsp3) is 1.00. The number of unbranched alkanes of at least 4 members (excludes halogenated alkanes) is 5. The summed E-state index contributed by atoms with van der Waals surface area (Å²) in [5.74, 6) is 2.11. The summed E-state index contributed by atoms with van der Waals surface area (Å²) in [5, 5.41) is 9.85. The Morgan fingerprint density at radius 2 is 1.56 bits per heavy atom. The van der Waals surface area contributed by atoms with Crippen molar-refractivity contribution in [3.8, 4) is 0 Å². The lowest BCUT2D eigenvalue weighted by molar-refractivity contribution is 0.142. The van der Waals surface area contributed by atoms with Crippen LogP contribution in [0, 0.1) is 5.41 Å². The van der Waals surface area contributed by atoms with E-state index in [2.05, 4.69) is 27.7 Å². The monoisotopic (exact) mass is 292 g/mol. The Balaban J connectivity index is 3.20. The molecule has 110 valence electrons. The first kappa shape index (κ1) is 18.7. The molecule has 1 nitrogen and oxygen atoms in total. The molecule has 0 bridgehead atoms. The SMILES string of the molecule is CCCCCCCCSSCC(O)CC(C)(C)C. The Labute approximate surface area is 122 Å². The zero-order chi connectivity index (χ0) is 13.9. The second kappa shape index (κ2) is 11.5. The Bertz CT molecular complexity index is 178. The second-order valence-electron chi connectivity index (χ2n) is 6.29. The van der Waals surface area contributed by atoms with Crippen LogP contribution in [0.1, 0.15) is 72.6 Å². The van der Waals surface area contributed by atoms with E-state index in [1.807, 2.05) is 21.6 Å². The van der Waals surface area contributed by atoms with Crippen molar-refractivity contribution < 1.29 is 5.11 Å². The maximum atomic E-state index is 9.85. The Hall–Kier alpha value is 0.660. The minimum absolute atomic E-state index is 0.146. The maximum Gasteiger partial charge on any atom is 0.0643 e. The van der Waals surface area contributed by atoms with Crippen molar-refractivity contribution in [2.45, 2.75) is 78.7 Å². The number of aliphatic hydroxyl groups is 1. The van der Waals surface area contributed by atoms with Gasteiger partial charge in [0.2, 0.25) is 0 Å². The van der Waals surface area contributed by atoms with Crippen molar-refractivity contribution >= 4 is 21.6 Å². The standard InChI is InChI=1S/C15H32OS2/c1-5-6-7-8-9-10-11-17-18-13-14(16)12-15(2,3)4/h14,16H,5-13H2,1-4H3. The van der Waals surface area contributed by atoms with E-state index in [-0.39, 0.29) is 11.5 Å². The van der Waals surface area contributed by atoms with Gasteiger partial charge in [0.15, 0.2) is 0 Å². The van der Waals surface area contributed by atoms with E-state index in [0.29, 0.717) is 0 Å². The Morgan fingerprint density at radius 3 is 2.17 bits per heavy atom. The van der Waals surface area contributed by atoms with Gasteiger partial charge in [-0.3, -0.25) is 0 Å². The van der Waals surface area contributed by atoms with Crippen molar-refractivity contribution in [3.63, 3.8) is 0 Å². The first-order chi connectivity index (χ1) is 8.45. The molecule has 0 aromatic rings. The van der Waals surface area contributed by atoms with Crippen molar-refractivity contribution in [2.75, 3.05) is 11.5 Å². The van der Waals surface area contributed by atoms with Crippen LogP contribution in [0.4, 0.5) is 0 Å². The largest absolute Gasteiger partial charge is 0.392 e. The van der Waals surface area contributed by atoms with Gasteiger partial charge in [0.25, 0.3) is 0 Å². The molecule has 0 spiro atoms. The first-order valence-electron chi connectivity index (χ1n) is 7.38. The lowest BCUT2D eigenvalue weighted by Crippen LogP contribution is -2.19. The third-order valence-electron chi connectivity index (χ3n) is 2.77. The van der Waals surface area contributed by atoms with E-state index in [0.717, 1.165) is 12.2 Å². The van der Waals surface area contributed by atoms with Crippen LogP contribution >= 0.6 is 21.6 Å². The summed E-state index contributed by atoms with van der Waals surface area (Å²) in [6, 6.07) is 0. The van der Waals surface area contributed by atoms with Crippen LogP contribution in [-0.4, -0.2) is 22.7 Å². The highest BCUT2D eigenvalue weighted by molar-refractivity contribution is 8.76. The van der Waals surface area contributed by atoms with E-state index in [1.165, 1.54) is 44.3 Å². The molecule has 0 aliphatic carbocycles. The van der Waals surface area contributed by atoms with Gasteiger partial charge in [-0.1, -0.05) is 81.4 Å². The molecular formula is C15H32OS2. The van der Waals surface area contributed by atoms with Gasteiger partial charge in [0, 0.05) is 11.5 Å². The van der Waals surface area contributed by atoms with E-state index >= 15 is 0 Å². The van der Waals surface area contributed by atoms with Crippen LogP contribution in [0.3, 0.4) is 0 Å². The second-order valence-corrected chi connectivity index (χ2v) is 8.92. The van der Waals surface area contributed by atoms with Crippen molar-refractivity contribution in [2.24, 2.45) is 5.41 Å². The lowest BCUT2D eigenvalue weighted by Gasteiger charge is -2.21. The van der Waals surface area contributed by atoms with Crippen molar-refractivity contribution in [1.29, 1.82) is 0 Å². The molecule has 0 aliphatic rings. The van der Waals surface area contributed by atoms with Crippen molar-refractivity contribution in [3.05, 3.63) is 0 Å². The van der Waals surface area contributed by atoms with Crippen molar-refractivity contribution in [1.82, 2.24) is 0 Å². The zero-order valence-electron chi connectivity index (χ0n) is 12.7. The van der Waals surface area contributed by atoms with Gasteiger partial charge < -0.3 is 5.11 Å². The highest BCUT2D eigenvalue weighted by Crippen LogP contribution is 2.28. The van der Waals surface area contributed by atoms with Gasteiger partial charge in [-0.05, 0) is 18.3 Å². The molecule has 0 rings (SSSR count). The summed E-state index contributed by atoms with van der Waals surface area (Å²) in [5.41, 5.74) is 0.240. The zero-order valence-corrected chi connectivity index (χ0v) is 14.3. The molecule has 1 unspecified atom stereocenters. The van der Waals surface area contributed by atoms with Gasteiger partial charge in [0.05, 0.1) is 6.10 Å². The van der Waals surface area contributed by atoms with Crippen LogP contribution in [0.25, 0.3) is 0 Å². The summed E-state index contributed by atoms with van der Waals surface area (Å²) < 4.78 is 0. The molecule has 0 amide bonds. The molecule has 0 aromatic carbocycles. The van der Waals surface area contributed by atoms with Crippen LogP contribution < -0.4 is 0 Å². The average Bonchev–Trinajstić information content (AvgIpc) is 2.24. The smallest absolute Gasteiger partial charge is 0.0643 e. The highest BCUT2D eigenvalue weighted by Gasteiger charge is 2.16. The van der Waals surface area contributed by atoms with E-state index in [1.54, 1.807) is 0 Å². The highest BCUT2D eigenvalue weighted by atomic mass is 33.1. The Morgan fingerprint density at radius 1 is 0.944 bits per heavy atom. The molecule has 0 saturated heterocycles. The number of aliphatic hydroxyl groups excluding tert-OH is 1.